The van der Waals surface area contributed by atoms with Crippen LogP contribution in [-0.4, -0.2) is 28.2 Å². The minimum Gasteiger partial charge on any atom is -0.486 e. The fourth-order valence-corrected chi connectivity index (χ4v) is 2.50. The lowest BCUT2D eigenvalue weighted by Crippen LogP contribution is -2.22. The molecule has 0 aliphatic heterocycles. The van der Waals surface area contributed by atoms with Gasteiger partial charge >= 0.3 is 5.97 Å². The Bertz CT molecular complexity index is 839. The Balaban J connectivity index is 1.53. The van der Waals surface area contributed by atoms with Crippen molar-refractivity contribution in [1.82, 2.24) is 10.1 Å². The number of carbonyl (C=O) groups is 1. The van der Waals surface area contributed by atoms with Crippen LogP contribution in [0, 0.1) is 0 Å². The molecule has 3 rings (SSSR count). The number of hydrogen-bond acceptors (Lipinski definition) is 6. The Labute approximate surface area is 150 Å². The molecule has 1 N–H and O–H groups in total. The molecule has 0 saturated heterocycles. The molecule has 0 saturated carbocycles. The van der Waals surface area contributed by atoms with E-state index in [9.17, 15) is 4.79 Å². The van der Waals surface area contributed by atoms with Gasteiger partial charge in [-0.2, -0.15) is 0 Å². The molecule has 1 unspecified atom stereocenters. The third kappa shape index (κ3) is 4.31. The van der Waals surface area contributed by atoms with Gasteiger partial charge in [0.15, 0.2) is 0 Å². The quantitative estimate of drug-likeness (QED) is 0.657. The number of aromatic carboxylic acids is 1. The lowest BCUT2D eigenvalue weighted by Gasteiger charge is -2.22. The molecule has 2 aromatic heterocycles. The summed E-state index contributed by atoms with van der Waals surface area (Å²) in [6, 6.07) is 12.8. The minimum atomic E-state index is -1.09. The summed E-state index contributed by atoms with van der Waals surface area (Å²) in [7, 11) is 2.03. The highest BCUT2D eigenvalue weighted by molar-refractivity contribution is 5.84. The molecule has 0 aliphatic carbocycles. The molecular weight excluding hydrogens is 336 g/mol. The van der Waals surface area contributed by atoms with Crippen molar-refractivity contribution in [2.75, 3.05) is 7.05 Å². The summed E-state index contributed by atoms with van der Waals surface area (Å²) in [6.45, 7) is 3.01. The second kappa shape index (κ2) is 7.88. The molecular formula is C19H20N2O5. The van der Waals surface area contributed by atoms with Crippen molar-refractivity contribution in [2.24, 2.45) is 0 Å². The van der Waals surface area contributed by atoms with Crippen molar-refractivity contribution in [2.45, 2.75) is 26.1 Å². The fourth-order valence-electron chi connectivity index (χ4n) is 2.50. The molecule has 0 fully saturated rings. The summed E-state index contributed by atoms with van der Waals surface area (Å²) in [5.74, 6) is -0.0327. The Kier molecular flexibility index (Phi) is 5.38. The van der Waals surface area contributed by atoms with Crippen LogP contribution in [0.3, 0.4) is 0 Å². The van der Waals surface area contributed by atoms with Gasteiger partial charge in [-0.1, -0.05) is 17.3 Å². The second-order valence-electron chi connectivity index (χ2n) is 6.02. The first kappa shape index (κ1) is 17.8. The van der Waals surface area contributed by atoms with E-state index >= 15 is 0 Å². The van der Waals surface area contributed by atoms with Gasteiger partial charge in [-0.25, -0.2) is 4.79 Å². The van der Waals surface area contributed by atoms with E-state index in [1.807, 2.05) is 37.4 Å². The Hall–Kier alpha value is -3.06. The minimum absolute atomic E-state index is 0.0942. The van der Waals surface area contributed by atoms with E-state index in [4.69, 9.17) is 18.8 Å². The highest BCUT2D eigenvalue weighted by Crippen LogP contribution is 2.21. The number of nitrogens with zero attached hydrogens (tertiary/aromatic N) is 2. The summed E-state index contributed by atoms with van der Waals surface area (Å²) in [5.41, 5.74) is 2.04. The van der Waals surface area contributed by atoms with Gasteiger partial charge in [-0.05, 0) is 43.8 Å². The molecule has 1 atom stereocenters. The molecule has 1 aromatic carbocycles. The number of furan rings is 1. The first-order valence-corrected chi connectivity index (χ1v) is 8.17. The van der Waals surface area contributed by atoms with Gasteiger partial charge in [0.2, 0.25) is 5.76 Å². The Morgan fingerprint density at radius 2 is 2.00 bits per heavy atom. The standard InChI is InChI=1S/C19H20N2O5/c1-13(17-9-10-25-20-17)21(2)11-14-3-5-15(6-4-14)24-12-16-7-8-18(26-16)19(22)23/h3-10,13H,11-12H2,1-2H3,(H,22,23). The molecule has 0 aliphatic rings. The zero-order valence-corrected chi connectivity index (χ0v) is 14.6. The molecule has 0 amide bonds. The van der Waals surface area contributed by atoms with E-state index in [0.29, 0.717) is 11.5 Å². The zero-order chi connectivity index (χ0) is 18.5. The van der Waals surface area contributed by atoms with E-state index in [0.717, 1.165) is 17.8 Å². The van der Waals surface area contributed by atoms with Gasteiger partial charge < -0.3 is 18.8 Å². The number of carboxylic acids is 1. The molecule has 136 valence electrons. The molecule has 0 bridgehead atoms. The maximum Gasteiger partial charge on any atom is 0.371 e. The summed E-state index contributed by atoms with van der Waals surface area (Å²) in [6.07, 6.45) is 1.57. The van der Waals surface area contributed by atoms with Crippen LogP contribution in [0.4, 0.5) is 0 Å². The summed E-state index contributed by atoms with van der Waals surface area (Å²) >= 11 is 0. The Morgan fingerprint density at radius 1 is 1.23 bits per heavy atom. The topological polar surface area (TPSA) is 88.9 Å². The fraction of sp³-hybridized carbons (Fsp3) is 0.263. The molecule has 0 spiro atoms. The lowest BCUT2D eigenvalue weighted by molar-refractivity contribution is 0.0658. The van der Waals surface area contributed by atoms with Crippen molar-refractivity contribution in [3.05, 3.63) is 71.5 Å². The summed E-state index contributed by atoms with van der Waals surface area (Å²) in [4.78, 5) is 13.0. The molecule has 0 radical (unpaired) electrons. The van der Waals surface area contributed by atoms with Crippen LogP contribution in [0.1, 0.15) is 40.5 Å². The average molecular weight is 356 g/mol. The highest BCUT2D eigenvalue weighted by Gasteiger charge is 2.14. The van der Waals surface area contributed by atoms with Gasteiger partial charge in [0, 0.05) is 12.6 Å². The van der Waals surface area contributed by atoms with Crippen molar-refractivity contribution in [3.63, 3.8) is 0 Å². The van der Waals surface area contributed by atoms with E-state index in [2.05, 4.69) is 17.0 Å². The van der Waals surface area contributed by atoms with Crippen LogP contribution >= 0.6 is 0 Å². The van der Waals surface area contributed by atoms with E-state index in [1.54, 1.807) is 12.3 Å². The molecule has 7 heteroatoms. The molecule has 7 nitrogen and oxygen atoms in total. The Morgan fingerprint density at radius 3 is 2.62 bits per heavy atom. The van der Waals surface area contributed by atoms with Gasteiger partial charge in [-0.15, -0.1) is 0 Å². The average Bonchev–Trinajstić information content (AvgIpc) is 3.32. The molecule has 2 heterocycles. The first-order valence-electron chi connectivity index (χ1n) is 8.17. The maximum atomic E-state index is 10.8. The number of ether oxygens (including phenoxy) is 1. The van der Waals surface area contributed by atoms with Crippen LogP contribution in [0.25, 0.3) is 0 Å². The van der Waals surface area contributed by atoms with Crippen molar-refractivity contribution in [3.8, 4) is 5.75 Å². The third-order valence-electron chi connectivity index (χ3n) is 4.16. The normalized spacial score (nSPS) is 12.3. The number of hydrogen-bond donors (Lipinski definition) is 1. The van der Waals surface area contributed by atoms with E-state index in [1.165, 1.54) is 6.07 Å². The van der Waals surface area contributed by atoms with Crippen LogP contribution in [0.2, 0.25) is 0 Å². The zero-order valence-electron chi connectivity index (χ0n) is 14.6. The van der Waals surface area contributed by atoms with Crippen LogP contribution < -0.4 is 4.74 Å². The largest absolute Gasteiger partial charge is 0.486 e. The first-order chi connectivity index (χ1) is 12.5. The monoisotopic (exact) mass is 356 g/mol. The third-order valence-corrected chi connectivity index (χ3v) is 4.16. The number of aromatic nitrogens is 1. The van der Waals surface area contributed by atoms with Gasteiger partial charge in [-0.3, -0.25) is 4.90 Å². The van der Waals surface area contributed by atoms with Gasteiger partial charge in [0.1, 0.15) is 30.1 Å². The predicted octanol–water partition coefficient (Wildman–Crippen LogP) is 3.74. The number of carboxylic acid groups (broad SMARTS) is 1. The summed E-state index contributed by atoms with van der Waals surface area (Å²) < 4.78 is 15.7. The molecule has 26 heavy (non-hydrogen) atoms. The van der Waals surface area contributed by atoms with Crippen molar-refractivity contribution >= 4 is 5.97 Å². The van der Waals surface area contributed by atoms with Crippen molar-refractivity contribution < 1.29 is 23.6 Å². The lowest BCUT2D eigenvalue weighted by atomic mass is 10.1. The second-order valence-corrected chi connectivity index (χ2v) is 6.02. The van der Waals surface area contributed by atoms with Gasteiger partial charge in [0.25, 0.3) is 0 Å². The maximum absolute atomic E-state index is 10.8. The van der Waals surface area contributed by atoms with Crippen LogP contribution in [0.15, 0.2) is 57.7 Å². The van der Waals surface area contributed by atoms with E-state index in [-0.39, 0.29) is 18.4 Å². The molecule has 3 aromatic rings. The van der Waals surface area contributed by atoms with Crippen molar-refractivity contribution in [1.29, 1.82) is 0 Å². The smallest absolute Gasteiger partial charge is 0.371 e. The number of benzene rings is 1. The van der Waals surface area contributed by atoms with E-state index < -0.39 is 5.97 Å². The predicted molar refractivity (Wildman–Crippen MR) is 92.8 cm³/mol. The number of rotatable bonds is 8. The highest BCUT2D eigenvalue weighted by atomic mass is 16.5. The van der Waals surface area contributed by atoms with Gasteiger partial charge in [0.05, 0.1) is 6.04 Å². The SMILES string of the molecule is CC(c1ccon1)N(C)Cc1ccc(OCc2ccc(C(=O)O)o2)cc1. The van der Waals surface area contributed by atoms with Crippen LogP contribution in [0.5, 0.6) is 5.75 Å². The summed E-state index contributed by atoms with van der Waals surface area (Å²) in [5, 5.41) is 12.8. The van der Waals surface area contributed by atoms with Crippen LogP contribution in [-0.2, 0) is 13.2 Å².